The van der Waals surface area contributed by atoms with Crippen LogP contribution in [0.15, 0.2) is 24.3 Å². The first-order valence-electron chi connectivity index (χ1n) is 5.94. The number of aromatic amines is 1. The van der Waals surface area contributed by atoms with Crippen molar-refractivity contribution in [3.8, 4) is 17.1 Å². The lowest BCUT2D eigenvalue weighted by atomic mass is 10.2. The normalized spacial score (nSPS) is 9.94. The number of benzene rings is 1. The van der Waals surface area contributed by atoms with E-state index in [1.54, 1.807) is 7.11 Å². The van der Waals surface area contributed by atoms with Crippen LogP contribution in [-0.4, -0.2) is 17.1 Å². The number of ether oxygens (including phenoxy) is 1. The number of nitrogens with one attached hydrogen (secondary N) is 1. The van der Waals surface area contributed by atoms with E-state index < -0.39 is 0 Å². The van der Waals surface area contributed by atoms with Gasteiger partial charge in [0, 0.05) is 11.3 Å². The van der Waals surface area contributed by atoms with Gasteiger partial charge in [-0.05, 0) is 25.5 Å². The van der Waals surface area contributed by atoms with E-state index in [1.165, 1.54) is 0 Å². The van der Waals surface area contributed by atoms with Gasteiger partial charge < -0.3 is 9.72 Å². The molecule has 1 aromatic carbocycles. The summed E-state index contributed by atoms with van der Waals surface area (Å²) >= 11 is 0. The second-order valence-corrected chi connectivity index (χ2v) is 4.14. The van der Waals surface area contributed by atoms with Crippen LogP contribution in [0.5, 0.6) is 5.75 Å². The summed E-state index contributed by atoms with van der Waals surface area (Å²) in [6.45, 7) is 4.24. The summed E-state index contributed by atoms with van der Waals surface area (Å²) in [5.41, 5.74) is 3.38. The van der Waals surface area contributed by atoms with Crippen molar-refractivity contribution < 1.29 is 4.74 Å². The van der Waals surface area contributed by atoms with Crippen LogP contribution in [0.4, 0.5) is 0 Å². The first-order valence-corrected chi connectivity index (χ1v) is 5.94. The molecule has 0 bridgehead atoms. The van der Waals surface area contributed by atoms with Crippen molar-refractivity contribution in [3.05, 3.63) is 35.7 Å². The van der Waals surface area contributed by atoms with Crippen LogP contribution in [0.3, 0.4) is 0 Å². The number of methoxy groups -OCH3 is 1. The Balaban J connectivity index is 0.00000162. The van der Waals surface area contributed by atoms with Crippen molar-refractivity contribution in [1.29, 1.82) is 0 Å². The van der Waals surface area contributed by atoms with E-state index >= 15 is 0 Å². The average Bonchev–Trinajstić information content (AvgIpc) is 2.72. The summed E-state index contributed by atoms with van der Waals surface area (Å²) in [6, 6.07) is 7.95. The van der Waals surface area contributed by atoms with Crippen LogP contribution in [-0.2, 0) is 6.42 Å². The zero-order chi connectivity index (χ0) is 12.3. The number of hydrogen-bond acceptors (Lipinski definition) is 2. The van der Waals surface area contributed by atoms with E-state index in [9.17, 15) is 0 Å². The number of hydrogen-bond donors (Lipinski definition) is 1. The zero-order valence-electron chi connectivity index (χ0n) is 10.6. The van der Waals surface area contributed by atoms with Crippen LogP contribution in [0.25, 0.3) is 11.4 Å². The van der Waals surface area contributed by atoms with Gasteiger partial charge in [-0.25, -0.2) is 4.98 Å². The molecule has 2 aromatic rings. The fourth-order valence-corrected chi connectivity index (χ4v) is 1.88. The summed E-state index contributed by atoms with van der Waals surface area (Å²) in [6.07, 6.45) is 2.13. The minimum atomic E-state index is 0. The molecule has 3 heteroatoms. The van der Waals surface area contributed by atoms with E-state index in [0.29, 0.717) is 0 Å². The van der Waals surface area contributed by atoms with Crippen molar-refractivity contribution in [1.82, 2.24) is 9.97 Å². The minimum absolute atomic E-state index is 0. The van der Waals surface area contributed by atoms with Crippen molar-refractivity contribution in [2.24, 2.45) is 0 Å². The van der Waals surface area contributed by atoms with Crippen LogP contribution < -0.4 is 4.74 Å². The maximum Gasteiger partial charge on any atom is 0.137 e. The molecule has 0 saturated carbocycles. The van der Waals surface area contributed by atoms with Crippen LogP contribution >= 0.6 is 0 Å². The highest BCUT2D eigenvalue weighted by molar-refractivity contribution is 5.58. The first-order chi connectivity index (χ1) is 8.24. The Morgan fingerprint density at radius 1 is 1.33 bits per heavy atom. The van der Waals surface area contributed by atoms with Crippen molar-refractivity contribution in [2.75, 3.05) is 7.11 Å². The predicted octanol–water partition coefficient (Wildman–Crippen LogP) is 3.98. The molecule has 0 spiro atoms. The molecule has 1 aromatic heterocycles. The molecule has 18 heavy (non-hydrogen) atoms. The summed E-state index contributed by atoms with van der Waals surface area (Å²) in [4.78, 5) is 7.96. The number of imidazole rings is 1. The monoisotopic (exact) mass is 246 g/mol. The lowest BCUT2D eigenvalue weighted by molar-refractivity contribution is 0.415. The summed E-state index contributed by atoms with van der Waals surface area (Å²) < 4.78 is 5.22. The Hall–Kier alpha value is -1.77. The molecule has 0 aliphatic rings. The van der Waals surface area contributed by atoms with Crippen LogP contribution in [0, 0.1) is 6.92 Å². The third-order valence-corrected chi connectivity index (χ3v) is 2.82. The van der Waals surface area contributed by atoms with Crippen LogP contribution in [0.2, 0.25) is 0 Å². The van der Waals surface area contributed by atoms with E-state index in [-0.39, 0.29) is 7.43 Å². The number of aromatic nitrogens is 2. The quantitative estimate of drug-likeness (QED) is 0.886. The van der Waals surface area contributed by atoms with E-state index in [4.69, 9.17) is 4.74 Å². The highest BCUT2D eigenvalue weighted by Gasteiger charge is 2.08. The highest BCUT2D eigenvalue weighted by Crippen LogP contribution is 2.22. The van der Waals surface area contributed by atoms with Gasteiger partial charge in [0.25, 0.3) is 0 Å². The summed E-state index contributed by atoms with van der Waals surface area (Å²) in [5, 5.41) is 0. The predicted molar refractivity (Wildman–Crippen MR) is 76.0 cm³/mol. The molecular formula is C15H22N2O. The van der Waals surface area contributed by atoms with Gasteiger partial charge in [0.2, 0.25) is 0 Å². The Kier molecular flexibility index (Phi) is 4.95. The fraction of sp³-hybridized carbons (Fsp3) is 0.400. The molecule has 0 aliphatic heterocycles. The fourth-order valence-electron chi connectivity index (χ4n) is 1.88. The standard InChI is InChI=1S/C14H18N2O.CH4/c1-4-6-13-10(2)15-14(16-13)11-7-5-8-12(9-11)17-3;/h5,7-9H,4,6H2,1-3H3,(H,15,16);1H4. The van der Waals surface area contributed by atoms with E-state index in [2.05, 4.69) is 23.8 Å². The van der Waals surface area contributed by atoms with Gasteiger partial charge in [-0.15, -0.1) is 0 Å². The van der Waals surface area contributed by atoms with Gasteiger partial charge in [-0.3, -0.25) is 0 Å². The maximum atomic E-state index is 5.22. The second-order valence-electron chi connectivity index (χ2n) is 4.14. The largest absolute Gasteiger partial charge is 0.497 e. The highest BCUT2D eigenvalue weighted by atomic mass is 16.5. The molecule has 1 heterocycles. The molecule has 0 fully saturated rings. The minimum Gasteiger partial charge on any atom is -0.497 e. The topological polar surface area (TPSA) is 37.9 Å². The maximum absolute atomic E-state index is 5.22. The lowest BCUT2D eigenvalue weighted by Gasteiger charge is -2.01. The SMILES string of the molecule is C.CCCc1nc(-c2cccc(OC)c2)[nH]c1C. The third kappa shape index (κ3) is 2.92. The molecule has 0 atom stereocenters. The van der Waals surface area contributed by atoms with Gasteiger partial charge in [-0.1, -0.05) is 32.9 Å². The number of H-pyrrole nitrogens is 1. The molecule has 3 nitrogen and oxygen atoms in total. The Morgan fingerprint density at radius 2 is 2.11 bits per heavy atom. The molecule has 0 unspecified atom stereocenters. The average molecular weight is 246 g/mol. The number of aryl methyl sites for hydroxylation is 2. The van der Waals surface area contributed by atoms with E-state index in [1.807, 2.05) is 24.3 Å². The summed E-state index contributed by atoms with van der Waals surface area (Å²) in [7, 11) is 1.68. The van der Waals surface area contributed by atoms with Crippen molar-refractivity contribution in [3.63, 3.8) is 0 Å². The van der Waals surface area contributed by atoms with Gasteiger partial charge in [0.15, 0.2) is 0 Å². The molecule has 0 saturated heterocycles. The van der Waals surface area contributed by atoms with Gasteiger partial charge in [-0.2, -0.15) is 0 Å². The van der Waals surface area contributed by atoms with Gasteiger partial charge in [0.05, 0.1) is 12.8 Å². The van der Waals surface area contributed by atoms with E-state index in [0.717, 1.165) is 41.4 Å². The zero-order valence-corrected chi connectivity index (χ0v) is 10.6. The van der Waals surface area contributed by atoms with Crippen molar-refractivity contribution >= 4 is 0 Å². The number of nitrogens with zero attached hydrogens (tertiary/aromatic N) is 1. The van der Waals surface area contributed by atoms with Gasteiger partial charge in [0.1, 0.15) is 11.6 Å². The Labute approximate surface area is 109 Å². The molecule has 98 valence electrons. The summed E-state index contributed by atoms with van der Waals surface area (Å²) in [5.74, 6) is 1.78. The lowest BCUT2D eigenvalue weighted by Crippen LogP contribution is -1.86. The molecule has 0 radical (unpaired) electrons. The molecule has 2 rings (SSSR count). The number of rotatable bonds is 4. The second kappa shape index (κ2) is 6.24. The third-order valence-electron chi connectivity index (χ3n) is 2.82. The Bertz CT molecular complexity index is 503. The molecule has 0 aliphatic carbocycles. The van der Waals surface area contributed by atoms with Crippen LogP contribution in [0.1, 0.15) is 32.2 Å². The Morgan fingerprint density at radius 3 is 2.78 bits per heavy atom. The molecule has 0 amide bonds. The van der Waals surface area contributed by atoms with Crippen molar-refractivity contribution in [2.45, 2.75) is 34.1 Å². The smallest absolute Gasteiger partial charge is 0.137 e. The van der Waals surface area contributed by atoms with Gasteiger partial charge >= 0.3 is 0 Å². The molecule has 1 N–H and O–H groups in total. The first kappa shape index (κ1) is 14.3. The molecular weight excluding hydrogens is 224 g/mol.